The van der Waals surface area contributed by atoms with Gasteiger partial charge in [0.2, 0.25) is 0 Å². The number of benzene rings is 7. The molecule has 1 aliphatic heterocycles. The van der Waals surface area contributed by atoms with Crippen molar-refractivity contribution >= 4 is 17.1 Å². The highest BCUT2D eigenvalue weighted by Crippen LogP contribution is 2.64. The molecular weight excluding hydrogens is 591 g/mol. The number of aryl methyl sites for hydroxylation is 3. The number of hydrogen-bond acceptors (Lipinski definition) is 1. The number of nitrogens with zero attached hydrogens (tertiary/aromatic N) is 1. The van der Waals surface area contributed by atoms with Gasteiger partial charge in [-0.3, -0.25) is 0 Å². The van der Waals surface area contributed by atoms with Crippen LogP contribution in [0.5, 0.6) is 0 Å². The highest BCUT2D eigenvalue weighted by atomic mass is 15.2. The van der Waals surface area contributed by atoms with Crippen molar-refractivity contribution in [1.29, 1.82) is 0 Å². The SMILES string of the molecule is Cc1ccc2c(c1)C1(c3cc(C)ccc3-2)c2cc(C)ccc2-c2ccc(N3c4ccccc4C(C)(c4ccccc4)c4ccccc43)cc21. The lowest BCUT2D eigenvalue weighted by Gasteiger charge is -2.44. The molecule has 0 saturated carbocycles. The Labute approximate surface area is 289 Å². The summed E-state index contributed by atoms with van der Waals surface area (Å²) in [4.78, 5) is 2.51. The first-order chi connectivity index (χ1) is 23.9. The second-order valence-electron chi connectivity index (χ2n) is 14.5. The summed E-state index contributed by atoms with van der Waals surface area (Å²) in [5.74, 6) is 0. The Kier molecular flexibility index (Phi) is 5.75. The van der Waals surface area contributed by atoms with Crippen molar-refractivity contribution < 1.29 is 0 Å². The summed E-state index contributed by atoms with van der Waals surface area (Å²) >= 11 is 0. The Balaban J connectivity index is 1.28. The Hall–Kier alpha value is -5.66. The first kappa shape index (κ1) is 28.4. The quantitative estimate of drug-likeness (QED) is 0.184. The van der Waals surface area contributed by atoms with Gasteiger partial charge in [0.25, 0.3) is 0 Å². The summed E-state index contributed by atoms with van der Waals surface area (Å²) in [6.07, 6.45) is 0. The average molecular weight is 628 g/mol. The van der Waals surface area contributed by atoms with E-state index in [9.17, 15) is 0 Å². The maximum atomic E-state index is 2.52. The fourth-order valence-corrected chi connectivity index (χ4v) is 9.51. The molecule has 7 aromatic carbocycles. The molecule has 1 heterocycles. The van der Waals surface area contributed by atoms with Crippen LogP contribution >= 0.6 is 0 Å². The molecule has 0 bridgehead atoms. The molecule has 7 aromatic rings. The number of anilines is 3. The average Bonchev–Trinajstić information content (AvgIpc) is 3.57. The van der Waals surface area contributed by atoms with Crippen LogP contribution in [0.15, 0.2) is 152 Å². The molecule has 1 heteroatoms. The van der Waals surface area contributed by atoms with Gasteiger partial charge < -0.3 is 4.90 Å². The second-order valence-corrected chi connectivity index (χ2v) is 14.5. The van der Waals surface area contributed by atoms with E-state index < -0.39 is 5.41 Å². The zero-order valence-corrected chi connectivity index (χ0v) is 28.4. The Morgan fingerprint density at radius 1 is 0.388 bits per heavy atom. The van der Waals surface area contributed by atoms with Crippen LogP contribution in [0.3, 0.4) is 0 Å². The van der Waals surface area contributed by atoms with Crippen molar-refractivity contribution in [2.24, 2.45) is 0 Å². The molecule has 0 saturated heterocycles. The fraction of sp³-hybridized carbons (Fsp3) is 0.125. The van der Waals surface area contributed by atoms with Crippen molar-refractivity contribution in [3.63, 3.8) is 0 Å². The lowest BCUT2D eigenvalue weighted by atomic mass is 9.67. The molecule has 0 fully saturated rings. The van der Waals surface area contributed by atoms with Crippen molar-refractivity contribution in [2.75, 3.05) is 4.90 Å². The first-order valence-corrected chi connectivity index (χ1v) is 17.4. The van der Waals surface area contributed by atoms with Crippen molar-refractivity contribution in [2.45, 2.75) is 38.5 Å². The number of rotatable bonds is 2. The highest BCUT2D eigenvalue weighted by molar-refractivity contribution is 5.97. The van der Waals surface area contributed by atoms with Crippen LogP contribution in [0.2, 0.25) is 0 Å². The molecule has 234 valence electrons. The van der Waals surface area contributed by atoms with E-state index in [-0.39, 0.29) is 5.41 Å². The van der Waals surface area contributed by atoms with Gasteiger partial charge in [0, 0.05) is 11.1 Å². The summed E-state index contributed by atoms with van der Waals surface area (Å²) in [7, 11) is 0. The minimum absolute atomic E-state index is 0.297. The summed E-state index contributed by atoms with van der Waals surface area (Å²) < 4.78 is 0. The minimum Gasteiger partial charge on any atom is -0.310 e. The van der Waals surface area contributed by atoms with Gasteiger partial charge >= 0.3 is 0 Å². The summed E-state index contributed by atoms with van der Waals surface area (Å²) in [5, 5.41) is 0. The van der Waals surface area contributed by atoms with E-state index in [0.717, 1.165) is 0 Å². The molecule has 1 spiro atoms. The first-order valence-electron chi connectivity index (χ1n) is 17.4. The lowest BCUT2D eigenvalue weighted by Crippen LogP contribution is -2.34. The third kappa shape index (κ3) is 3.60. The van der Waals surface area contributed by atoms with Crippen LogP contribution in [0.4, 0.5) is 17.1 Å². The predicted octanol–water partition coefficient (Wildman–Crippen LogP) is 12.1. The fourth-order valence-electron chi connectivity index (χ4n) is 9.51. The Morgan fingerprint density at radius 3 is 1.29 bits per heavy atom. The van der Waals surface area contributed by atoms with E-state index in [4.69, 9.17) is 0 Å². The minimum atomic E-state index is -0.400. The third-order valence-corrected chi connectivity index (χ3v) is 11.7. The van der Waals surface area contributed by atoms with E-state index >= 15 is 0 Å². The van der Waals surface area contributed by atoms with Crippen molar-refractivity contribution in [3.8, 4) is 22.3 Å². The van der Waals surface area contributed by atoms with Gasteiger partial charge in [-0.15, -0.1) is 0 Å². The van der Waals surface area contributed by atoms with Crippen LogP contribution < -0.4 is 4.90 Å². The van der Waals surface area contributed by atoms with Crippen LogP contribution in [-0.4, -0.2) is 0 Å². The molecule has 10 rings (SSSR count). The maximum absolute atomic E-state index is 2.52. The van der Waals surface area contributed by atoms with Crippen LogP contribution in [-0.2, 0) is 10.8 Å². The van der Waals surface area contributed by atoms with Gasteiger partial charge in [-0.1, -0.05) is 144 Å². The highest BCUT2D eigenvalue weighted by Gasteiger charge is 2.52. The summed E-state index contributed by atoms with van der Waals surface area (Å²) in [6.45, 7) is 9.09. The van der Waals surface area contributed by atoms with Crippen molar-refractivity contribution in [3.05, 3.63) is 207 Å². The maximum Gasteiger partial charge on any atom is 0.0726 e. The summed E-state index contributed by atoms with van der Waals surface area (Å²) in [5.41, 5.74) is 21.7. The normalized spacial score (nSPS) is 15.2. The molecule has 0 N–H and O–H groups in total. The Bertz CT molecular complexity index is 2380. The van der Waals surface area contributed by atoms with Gasteiger partial charge in [-0.05, 0) is 113 Å². The molecule has 49 heavy (non-hydrogen) atoms. The van der Waals surface area contributed by atoms with E-state index in [1.165, 1.54) is 95.0 Å². The molecule has 0 unspecified atom stereocenters. The molecule has 0 aromatic heterocycles. The topological polar surface area (TPSA) is 3.24 Å². The number of hydrogen-bond donors (Lipinski definition) is 0. The van der Waals surface area contributed by atoms with Gasteiger partial charge in [0.15, 0.2) is 0 Å². The lowest BCUT2D eigenvalue weighted by molar-refractivity contribution is 0.681. The molecule has 0 atom stereocenters. The van der Waals surface area contributed by atoms with Gasteiger partial charge in [0.05, 0.1) is 16.8 Å². The second kappa shape index (κ2) is 9.94. The van der Waals surface area contributed by atoms with E-state index in [1.54, 1.807) is 0 Å². The molecule has 0 radical (unpaired) electrons. The zero-order chi connectivity index (χ0) is 33.1. The van der Waals surface area contributed by atoms with Crippen LogP contribution in [0.25, 0.3) is 22.3 Å². The van der Waals surface area contributed by atoms with Gasteiger partial charge in [0.1, 0.15) is 0 Å². The van der Waals surface area contributed by atoms with E-state index in [0.29, 0.717) is 0 Å². The van der Waals surface area contributed by atoms with Gasteiger partial charge in [-0.25, -0.2) is 0 Å². The Morgan fingerprint density at radius 2 is 0.796 bits per heavy atom. The standard InChI is InChI=1S/C48H37N/c1-30-18-22-35-36-23-19-31(2)27-42(36)48(41(35)26-30)43-28-32(3)20-24-37(43)38-25-21-34(29-44(38)48)49-45-16-10-8-14-39(45)47(4,33-12-6-5-7-13-33)40-15-9-11-17-46(40)49/h5-29H,1-4H3. The smallest absolute Gasteiger partial charge is 0.0726 e. The van der Waals surface area contributed by atoms with E-state index in [1.807, 2.05) is 0 Å². The molecule has 2 aliphatic carbocycles. The predicted molar refractivity (Wildman–Crippen MR) is 204 cm³/mol. The molecular formula is C48H37N. The van der Waals surface area contributed by atoms with Crippen molar-refractivity contribution in [1.82, 2.24) is 0 Å². The summed E-state index contributed by atoms with van der Waals surface area (Å²) in [6, 6.07) is 57.6. The van der Waals surface area contributed by atoms with Gasteiger partial charge in [-0.2, -0.15) is 0 Å². The largest absolute Gasteiger partial charge is 0.310 e. The third-order valence-electron chi connectivity index (χ3n) is 11.7. The number of fused-ring (bicyclic) bond motifs is 12. The number of para-hydroxylation sites is 2. The van der Waals surface area contributed by atoms with Crippen LogP contribution in [0.1, 0.15) is 62.6 Å². The van der Waals surface area contributed by atoms with E-state index in [2.05, 4.69) is 184 Å². The molecule has 0 amide bonds. The zero-order valence-electron chi connectivity index (χ0n) is 28.4. The molecule has 3 aliphatic rings. The monoisotopic (exact) mass is 627 g/mol. The van der Waals surface area contributed by atoms with Crippen LogP contribution in [0, 0.1) is 20.8 Å². The molecule has 1 nitrogen and oxygen atoms in total.